The first kappa shape index (κ1) is 17.0. The molecule has 0 unspecified atom stereocenters. The van der Waals surface area contributed by atoms with E-state index in [2.05, 4.69) is 32.6 Å². The zero-order valence-corrected chi connectivity index (χ0v) is 13.8. The van der Waals surface area contributed by atoms with Gasteiger partial charge in [0.15, 0.2) is 0 Å². The molecule has 0 saturated heterocycles. The van der Waals surface area contributed by atoms with Crippen molar-refractivity contribution >= 4 is 0 Å². The van der Waals surface area contributed by atoms with Crippen LogP contribution in [-0.4, -0.2) is 23.1 Å². The third-order valence-corrected chi connectivity index (χ3v) is 3.76. The van der Waals surface area contributed by atoms with Crippen molar-refractivity contribution in [2.24, 2.45) is 11.8 Å². The first-order valence-electron chi connectivity index (χ1n) is 7.90. The maximum absolute atomic E-state index is 10.2. The van der Waals surface area contributed by atoms with Gasteiger partial charge in [-0.25, -0.2) is 0 Å². The molecule has 0 atom stereocenters. The molecule has 0 heterocycles. The van der Waals surface area contributed by atoms with Crippen molar-refractivity contribution in [1.29, 1.82) is 0 Å². The zero-order valence-electron chi connectivity index (χ0n) is 13.8. The van der Waals surface area contributed by atoms with Crippen LogP contribution in [0.3, 0.4) is 0 Å². The molecule has 0 bridgehead atoms. The normalized spacial score (nSPS) is 11.8. The Morgan fingerprint density at radius 1 is 1.00 bits per heavy atom. The fourth-order valence-electron chi connectivity index (χ4n) is 2.24. The van der Waals surface area contributed by atoms with Crippen molar-refractivity contribution in [3.05, 3.63) is 29.3 Å². The highest BCUT2D eigenvalue weighted by atomic mass is 16.3. The van der Waals surface area contributed by atoms with Gasteiger partial charge in [-0.05, 0) is 50.3 Å². The van der Waals surface area contributed by atoms with E-state index in [-0.39, 0.29) is 0 Å². The predicted molar refractivity (Wildman–Crippen MR) is 87.0 cm³/mol. The van der Waals surface area contributed by atoms with Crippen LogP contribution in [0.2, 0.25) is 0 Å². The van der Waals surface area contributed by atoms with Crippen molar-refractivity contribution in [3.8, 4) is 5.75 Å². The molecule has 0 aliphatic rings. The van der Waals surface area contributed by atoms with E-state index in [1.165, 1.54) is 12.8 Å². The lowest BCUT2D eigenvalue weighted by Crippen LogP contribution is -2.27. The molecule has 1 rings (SSSR count). The molecule has 0 radical (unpaired) electrons. The van der Waals surface area contributed by atoms with Gasteiger partial charge in [-0.15, -0.1) is 0 Å². The molecule has 0 aromatic heterocycles. The number of phenols is 1. The Kier molecular flexibility index (Phi) is 7.08. The van der Waals surface area contributed by atoms with Gasteiger partial charge in [0.2, 0.25) is 0 Å². The fourth-order valence-corrected chi connectivity index (χ4v) is 2.24. The van der Waals surface area contributed by atoms with Gasteiger partial charge in [-0.1, -0.05) is 45.9 Å². The first-order valence-corrected chi connectivity index (χ1v) is 7.90. The summed E-state index contributed by atoms with van der Waals surface area (Å²) in [7, 11) is 0. The third kappa shape index (κ3) is 5.96. The highest BCUT2D eigenvalue weighted by molar-refractivity contribution is 5.39. The number of hydrogen-bond donors (Lipinski definition) is 1. The predicted octanol–water partition coefficient (Wildman–Crippen LogP) is 4.59. The largest absolute Gasteiger partial charge is 0.507 e. The van der Waals surface area contributed by atoms with Gasteiger partial charge in [-0.2, -0.15) is 0 Å². The molecule has 1 aromatic carbocycles. The van der Waals surface area contributed by atoms with Gasteiger partial charge in [0.25, 0.3) is 0 Å². The van der Waals surface area contributed by atoms with E-state index >= 15 is 0 Å². The third-order valence-electron chi connectivity index (χ3n) is 3.76. The van der Waals surface area contributed by atoms with Crippen LogP contribution >= 0.6 is 0 Å². The lowest BCUT2D eigenvalue weighted by molar-refractivity contribution is 0.233. The number of hydrogen-bond acceptors (Lipinski definition) is 2. The van der Waals surface area contributed by atoms with Crippen molar-refractivity contribution in [1.82, 2.24) is 4.90 Å². The summed E-state index contributed by atoms with van der Waals surface area (Å²) in [5.74, 6) is 1.91. The summed E-state index contributed by atoms with van der Waals surface area (Å²) >= 11 is 0. The second-order valence-corrected chi connectivity index (χ2v) is 6.72. The molecule has 0 aliphatic carbocycles. The second kappa shape index (κ2) is 8.31. The molecule has 2 heteroatoms. The molecule has 2 nitrogen and oxygen atoms in total. The van der Waals surface area contributed by atoms with Crippen LogP contribution < -0.4 is 0 Å². The first-order chi connectivity index (χ1) is 9.40. The van der Waals surface area contributed by atoms with Crippen LogP contribution in [0.15, 0.2) is 18.2 Å². The number of rotatable bonds is 8. The minimum atomic E-state index is 0.464. The Balaban J connectivity index is 2.69. The summed E-state index contributed by atoms with van der Waals surface area (Å²) in [6.07, 6.45) is 2.43. The minimum absolute atomic E-state index is 0.464. The van der Waals surface area contributed by atoms with Crippen molar-refractivity contribution < 1.29 is 5.11 Å². The average Bonchev–Trinajstić information content (AvgIpc) is 2.37. The summed E-state index contributed by atoms with van der Waals surface area (Å²) in [4.78, 5) is 2.48. The summed E-state index contributed by atoms with van der Waals surface area (Å²) in [5, 5.41) is 10.2. The van der Waals surface area contributed by atoms with Crippen molar-refractivity contribution in [2.45, 2.75) is 54.0 Å². The molecule has 0 fully saturated rings. The minimum Gasteiger partial charge on any atom is -0.507 e. The van der Waals surface area contributed by atoms with E-state index < -0.39 is 0 Å². The van der Waals surface area contributed by atoms with Gasteiger partial charge < -0.3 is 5.11 Å². The standard InChI is InChI=1S/C18H31NO/c1-14(2)9-11-19(12-10-15(3)4)13-17-8-6-7-16(5)18(17)20/h6-8,14-15,20H,9-13H2,1-5H3. The molecule has 114 valence electrons. The fraction of sp³-hybridized carbons (Fsp3) is 0.667. The monoisotopic (exact) mass is 277 g/mol. The molecular formula is C18H31NO. The van der Waals surface area contributed by atoms with Gasteiger partial charge in [0.1, 0.15) is 5.75 Å². The van der Waals surface area contributed by atoms with E-state index in [1.807, 2.05) is 25.1 Å². The molecule has 0 amide bonds. The number of nitrogens with zero attached hydrogens (tertiary/aromatic N) is 1. The van der Waals surface area contributed by atoms with E-state index in [0.29, 0.717) is 5.75 Å². The molecule has 0 saturated carbocycles. The summed E-state index contributed by atoms with van der Waals surface area (Å²) in [6.45, 7) is 14.1. The van der Waals surface area contributed by atoms with Gasteiger partial charge in [0.05, 0.1) is 0 Å². The van der Waals surface area contributed by atoms with E-state index in [0.717, 1.165) is 42.6 Å². The number of para-hydroxylation sites is 1. The summed E-state index contributed by atoms with van der Waals surface area (Å²) in [6, 6.07) is 6.04. The average molecular weight is 277 g/mol. The maximum Gasteiger partial charge on any atom is 0.122 e. The number of phenolic OH excluding ortho intramolecular Hbond substituents is 1. The van der Waals surface area contributed by atoms with Crippen LogP contribution in [0.5, 0.6) is 5.75 Å². The Morgan fingerprint density at radius 3 is 2.05 bits per heavy atom. The Morgan fingerprint density at radius 2 is 1.55 bits per heavy atom. The molecule has 1 N–H and O–H groups in total. The Hall–Kier alpha value is -1.02. The van der Waals surface area contributed by atoms with E-state index in [9.17, 15) is 5.11 Å². The zero-order chi connectivity index (χ0) is 15.1. The van der Waals surface area contributed by atoms with Crippen molar-refractivity contribution in [2.75, 3.05) is 13.1 Å². The summed E-state index contributed by atoms with van der Waals surface area (Å²) < 4.78 is 0. The van der Waals surface area contributed by atoms with Gasteiger partial charge >= 0.3 is 0 Å². The van der Waals surface area contributed by atoms with Crippen LogP contribution in [0, 0.1) is 18.8 Å². The lowest BCUT2D eigenvalue weighted by Gasteiger charge is -2.25. The maximum atomic E-state index is 10.2. The van der Waals surface area contributed by atoms with Gasteiger partial charge in [0, 0.05) is 12.1 Å². The lowest BCUT2D eigenvalue weighted by atomic mass is 10.1. The van der Waals surface area contributed by atoms with Crippen LogP contribution in [0.25, 0.3) is 0 Å². The van der Waals surface area contributed by atoms with Crippen molar-refractivity contribution in [3.63, 3.8) is 0 Å². The van der Waals surface area contributed by atoms with Crippen LogP contribution in [-0.2, 0) is 6.54 Å². The smallest absolute Gasteiger partial charge is 0.122 e. The SMILES string of the molecule is Cc1cccc(CN(CCC(C)C)CCC(C)C)c1O. The molecular weight excluding hydrogens is 246 g/mol. The van der Waals surface area contributed by atoms with E-state index in [4.69, 9.17) is 0 Å². The summed E-state index contributed by atoms with van der Waals surface area (Å²) in [5.41, 5.74) is 2.02. The van der Waals surface area contributed by atoms with Gasteiger partial charge in [-0.3, -0.25) is 4.90 Å². The highest BCUT2D eigenvalue weighted by Gasteiger charge is 2.11. The quantitative estimate of drug-likeness (QED) is 0.751. The second-order valence-electron chi connectivity index (χ2n) is 6.72. The molecule has 1 aromatic rings. The number of aryl methyl sites for hydroxylation is 1. The van der Waals surface area contributed by atoms with Crippen LogP contribution in [0.4, 0.5) is 0 Å². The number of aromatic hydroxyl groups is 1. The highest BCUT2D eigenvalue weighted by Crippen LogP contribution is 2.23. The Labute approximate surface area is 124 Å². The molecule has 20 heavy (non-hydrogen) atoms. The number of benzene rings is 1. The Bertz CT molecular complexity index is 386. The molecule has 0 aliphatic heterocycles. The van der Waals surface area contributed by atoms with Crippen LogP contribution in [0.1, 0.15) is 51.7 Å². The molecule has 0 spiro atoms. The topological polar surface area (TPSA) is 23.5 Å². The van der Waals surface area contributed by atoms with E-state index in [1.54, 1.807) is 0 Å².